The molecular formula is C36H38ClN5O3S2. The molecule has 6 bridgehead atoms. The van der Waals surface area contributed by atoms with Gasteiger partial charge in [-0.2, -0.15) is 5.10 Å². The van der Waals surface area contributed by atoms with Crippen molar-refractivity contribution in [3.63, 3.8) is 0 Å². The minimum Gasteiger partial charge on any atom is -0.493 e. The number of thioether (sulfide) groups is 2. The molecule has 0 aliphatic carbocycles. The summed E-state index contributed by atoms with van der Waals surface area (Å²) in [6.07, 6.45) is 2.64. The van der Waals surface area contributed by atoms with Crippen LogP contribution in [0.2, 0.25) is 5.02 Å². The van der Waals surface area contributed by atoms with Crippen LogP contribution in [0.15, 0.2) is 70.2 Å². The predicted octanol–water partition coefficient (Wildman–Crippen LogP) is 7.97. The van der Waals surface area contributed by atoms with Crippen LogP contribution in [0, 0.1) is 13.8 Å². The molecule has 6 rings (SSSR count). The van der Waals surface area contributed by atoms with E-state index in [1.165, 1.54) is 7.11 Å². The maximum absolute atomic E-state index is 13.3. The Morgan fingerprint density at radius 1 is 1.11 bits per heavy atom. The van der Waals surface area contributed by atoms with Crippen LogP contribution in [0.1, 0.15) is 33.9 Å². The molecular weight excluding hydrogens is 650 g/mol. The fraction of sp³-hybridized carbons (Fsp3) is 0.306. The molecule has 0 atom stereocenters. The maximum Gasteiger partial charge on any atom is 0.354 e. The van der Waals surface area contributed by atoms with E-state index in [4.69, 9.17) is 31.9 Å². The van der Waals surface area contributed by atoms with Gasteiger partial charge in [-0.3, -0.25) is 9.67 Å². The number of esters is 1. The quantitative estimate of drug-likeness (QED) is 0.179. The van der Waals surface area contributed by atoms with Crippen molar-refractivity contribution in [2.75, 3.05) is 32.3 Å². The number of methoxy groups -OCH3 is 1. The Kier molecular flexibility index (Phi) is 9.91. The number of hydrogen-bond acceptors (Lipinski definition) is 8. The van der Waals surface area contributed by atoms with Crippen molar-refractivity contribution in [3.8, 4) is 16.9 Å². The summed E-state index contributed by atoms with van der Waals surface area (Å²) in [5, 5.41) is 8.59. The van der Waals surface area contributed by atoms with Gasteiger partial charge in [0.05, 0.1) is 19.4 Å². The number of nitrogens with two attached hydrogens (primary N) is 1. The number of rotatable bonds is 1. The van der Waals surface area contributed by atoms with Gasteiger partial charge in [-0.15, -0.1) is 23.5 Å². The summed E-state index contributed by atoms with van der Waals surface area (Å²) >= 11 is 10.4. The van der Waals surface area contributed by atoms with E-state index in [2.05, 4.69) is 29.3 Å². The van der Waals surface area contributed by atoms with Gasteiger partial charge >= 0.3 is 5.97 Å². The third kappa shape index (κ3) is 6.51. The van der Waals surface area contributed by atoms with Gasteiger partial charge in [0, 0.05) is 92.3 Å². The second-order valence-corrected chi connectivity index (χ2v) is 14.0. The first kappa shape index (κ1) is 33.1. The number of aryl methyl sites for hydroxylation is 3. The molecule has 0 saturated carbocycles. The first-order valence-electron chi connectivity index (χ1n) is 15.4. The van der Waals surface area contributed by atoms with Gasteiger partial charge in [0.25, 0.3) is 0 Å². The van der Waals surface area contributed by atoms with Crippen LogP contribution in [0.4, 0.5) is 0 Å². The molecule has 244 valence electrons. The van der Waals surface area contributed by atoms with Crippen LogP contribution < -0.4 is 10.5 Å². The first-order chi connectivity index (χ1) is 22.7. The third-order valence-corrected chi connectivity index (χ3v) is 10.9. The Labute approximate surface area is 288 Å². The fourth-order valence-corrected chi connectivity index (χ4v) is 8.25. The summed E-state index contributed by atoms with van der Waals surface area (Å²) in [5.74, 6) is 2.37. The number of hydrogen-bond donors (Lipinski definition) is 1. The smallest absolute Gasteiger partial charge is 0.354 e. The molecule has 0 saturated heterocycles. The molecule has 5 aromatic rings. The number of fused-ring (bicyclic) bond motifs is 6. The fourth-order valence-electron chi connectivity index (χ4n) is 6.26. The molecule has 2 aromatic heterocycles. The van der Waals surface area contributed by atoms with Crippen molar-refractivity contribution in [2.24, 2.45) is 17.8 Å². The topological polar surface area (TPSA) is 96.7 Å². The van der Waals surface area contributed by atoms with Gasteiger partial charge in [0.15, 0.2) is 0 Å². The van der Waals surface area contributed by atoms with Crippen molar-refractivity contribution in [1.29, 1.82) is 0 Å². The summed E-state index contributed by atoms with van der Waals surface area (Å²) in [4.78, 5) is 18.9. The molecule has 0 radical (unpaired) electrons. The highest BCUT2D eigenvalue weighted by Crippen LogP contribution is 2.43. The molecule has 3 aromatic carbocycles. The number of carbonyl (C=O) groups is 1. The molecule has 8 nitrogen and oxygen atoms in total. The van der Waals surface area contributed by atoms with Crippen molar-refractivity contribution in [3.05, 3.63) is 88.0 Å². The summed E-state index contributed by atoms with van der Waals surface area (Å²) in [7, 11) is 5.16. The highest BCUT2D eigenvalue weighted by molar-refractivity contribution is 8.00. The van der Waals surface area contributed by atoms with Crippen LogP contribution in [0.5, 0.6) is 5.75 Å². The minimum atomic E-state index is -0.386. The number of nitrogens with zero attached hydrogens (tertiary/aromatic N) is 4. The van der Waals surface area contributed by atoms with E-state index >= 15 is 0 Å². The second-order valence-electron chi connectivity index (χ2n) is 11.5. The van der Waals surface area contributed by atoms with E-state index in [0.717, 1.165) is 71.8 Å². The molecule has 0 amide bonds. The standard InChI is InChI=1S/C36H38ClN5O3S2/c1-21-32-30-12-11-28(37)34(32)33-22(2)41(4)40-29(33)20-46-18-24(38)16-25(39-3)19-47-26-15-23-9-6-7-10-27(23)31(17-26)45-14-8-13-42(30)35(21)36(43)44-5/h6-7,9-12,15-17H,8,13-14,18-20,38H2,1-5H3. The third-order valence-electron chi connectivity index (χ3n) is 8.57. The lowest BCUT2D eigenvalue weighted by molar-refractivity contribution is 0.0587. The number of halogens is 1. The number of ether oxygens (including phenoxy) is 2. The highest BCUT2D eigenvalue weighted by atomic mass is 35.5. The summed E-state index contributed by atoms with van der Waals surface area (Å²) in [6.45, 7) is 5.03. The van der Waals surface area contributed by atoms with E-state index < -0.39 is 0 Å². The average molecular weight is 688 g/mol. The molecule has 3 heterocycles. The zero-order valence-corrected chi connectivity index (χ0v) is 29.6. The van der Waals surface area contributed by atoms with Gasteiger partial charge in [-0.05, 0) is 61.6 Å². The SMILES string of the molecule is CN=C1C=C(N)CSCc2nn(C)c(C)c2-c2c(Cl)ccc3c2c(C)c(C(=O)OC)n3CCCOc2cc(cc3ccccc23)SC1. The number of allylic oxidation sites excluding steroid dienone is 1. The number of aliphatic imine (C=N–C) groups is 1. The molecule has 0 spiro atoms. The van der Waals surface area contributed by atoms with Gasteiger partial charge in [0.1, 0.15) is 11.4 Å². The molecule has 1 aliphatic heterocycles. The average Bonchev–Trinajstić information content (AvgIpc) is 3.51. The van der Waals surface area contributed by atoms with E-state index in [0.29, 0.717) is 47.5 Å². The second kappa shape index (κ2) is 14.1. The summed E-state index contributed by atoms with van der Waals surface area (Å²) < 4.78 is 15.7. The van der Waals surface area contributed by atoms with Crippen molar-refractivity contribution in [2.45, 2.75) is 37.5 Å². The number of benzene rings is 3. The molecule has 1 aliphatic rings. The van der Waals surface area contributed by atoms with E-state index in [1.807, 2.05) is 60.5 Å². The van der Waals surface area contributed by atoms with Gasteiger partial charge in [0.2, 0.25) is 0 Å². The monoisotopic (exact) mass is 687 g/mol. The molecule has 0 fully saturated rings. The zero-order chi connectivity index (χ0) is 33.2. The number of aromatic nitrogens is 3. The van der Waals surface area contributed by atoms with Gasteiger partial charge in [-0.1, -0.05) is 35.9 Å². The number of carbonyl (C=O) groups excluding carboxylic acids is 1. The van der Waals surface area contributed by atoms with Crippen LogP contribution in [-0.2, 0) is 24.1 Å². The van der Waals surface area contributed by atoms with Crippen LogP contribution in [0.3, 0.4) is 0 Å². The lowest BCUT2D eigenvalue weighted by Crippen LogP contribution is -2.13. The van der Waals surface area contributed by atoms with Crippen LogP contribution >= 0.6 is 35.1 Å². The summed E-state index contributed by atoms with van der Waals surface area (Å²) in [6, 6.07) is 16.4. The van der Waals surface area contributed by atoms with Crippen molar-refractivity contribution in [1.82, 2.24) is 14.3 Å². The molecule has 11 heteroatoms. The molecule has 47 heavy (non-hydrogen) atoms. The maximum atomic E-state index is 13.3. The van der Waals surface area contributed by atoms with Crippen molar-refractivity contribution < 1.29 is 14.3 Å². The highest BCUT2D eigenvalue weighted by Gasteiger charge is 2.27. The van der Waals surface area contributed by atoms with Crippen molar-refractivity contribution >= 4 is 68.5 Å². The lowest BCUT2D eigenvalue weighted by atomic mass is 9.97. The predicted molar refractivity (Wildman–Crippen MR) is 197 cm³/mol. The van der Waals surface area contributed by atoms with Crippen LogP contribution in [-0.4, -0.2) is 58.3 Å². The van der Waals surface area contributed by atoms with Crippen LogP contribution in [0.25, 0.3) is 32.8 Å². The molecule has 2 N–H and O–H groups in total. The summed E-state index contributed by atoms with van der Waals surface area (Å²) in [5.41, 5.74) is 14.2. The normalized spacial score (nSPS) is 15.7. The molecule has 0 unspecified atom stereocenters. The lowest BCUT2D eigenvalue weighted by Gasteiger charge is -2.14. The Hall–Kier alpha value is -3.86. The minimum absolute atomic E-state index is 0.386. The Morgan fingerprint density at radius 2 is 1.91 bits per heavy atom. The van der Waals surface area contributed by atoms with E-state index in [9.17, 15) is 4.79 Å². The van der Waals surface area contributed by atoms with Gasteiger partial charge in [-0.25, -0.2) is 4.79 Å². The Balaban J connectivity index is 1.49. The van der Waals surface area contributed by atoms with E-state index in [1.54, 1.807) is 30.6 Å². The largest absolute Gasteiger partial charge is 0.493 e. The Morgan fingerprint density at radius 3 is 2.70 bits per heavy atom. The Bertz CT molecular complexity index is 2060. The zero-order valence-electron chi connectivity index (χ0n) is 27.2. The first-order valence-corrected chi connectivity index (χ1v) is 17.9. The van der Waals surface area contributed by atoms with Gasteiger partial charge < -0.3 is 19.8 Å². The van der Waals surface area contributed by atoms with E-state index in [-0.39, 0.29) is 5.97 Å².